The van der Waals surface area contributed by atoms with Gasteiger partial charge in [0.1, 0.15) is 16.7 Å². The van der Waals surface area contributed by atoms with E-state index in [0.29, 0.717) is 10.9 Å². The fourth-order valence-corrected chi connectivity index (χ4v) is 1.53. The highest BCUT2D eigenvalue weighted by Crippen LogP contribution is 2.28. The van der Waals surface area contributed by atoms with Crippen LogP contribution in [-0.2, 0) is 0 Å². The Hall–Kier alpha value is -1.09. The maximum Gasteiger partial charge on any atom is 0.146 e. The van der Waals surface area contributed by atoms with E-state index in [1.165, 1.54) is 0 Å². The molecule has 1 aromatic heterocycles. The van der Waals surface area contributed by atoms with Crippen molar-refractivity contribution in [3.8, 4) is 0 Å². The Kier molecular flexibility index (Phi) is 1.77. The Bertz CT molecular complexity index is 476. The molecular formula is C9H6ClF2N. The summed E-state index contributed by atoms with van der Waals surface area (Å²) in [4.78, 5) is 2.80. The minimum Gasteiger partial charge on any atom is -0.357 e. The molecule has 2 rings (SSSR count). The summed E-state index contributed by atoms with van der Waals surface area (Å²) in [5, 5.41) is 0.258. The Balaban J connectivity index is 2.95. The number of H-pyrrole nitrogens is 1. The zero-order valence-corrected chi connectivity index (χ0v) is 7.54. The Morgan fingerprint density at radius 2 is 1.92 bits per heavy atom. The van der Waals surface area contributed by atoms with Gasteiger partial charge in [-0.1, -0.05) is 11.6 Å². The number of hydrogen-bond acceptors (Lipinski definition) is 0. The van der Waals surface area contributed by atoms with E-state index in [0.717, 1.165) is 11.8 Å². The molecule has 1 N–H and O–H groups in total. The molecule has 1 heterocycles. The zero-order valence-electron chi connectivity index (χ0n) is 6.79. The van der Waals surface area contributed by atoms with E-state index in [-0.39, 0.29) is 5.02 Å². The van der Waals surface area contributed by atoms with Gasteiger partial charge in [-0.3, -0.25) is 0 Å². The summed E-state index contributed by atoms with van der Waals surface area (Å²) in [6.07, 6.45) is 0. The molecule has 2 aromatic rings. The Labute approximate surface area is 78.3 Å². The number of hydrogen-bond donors (Lipinski definition) is 1. The number of nitrogens with one attached hydrogen (secondary N) is 1. The van der Waals surface area contributed by atoms with Crippen LogP contribution in [0.4, 0.5) is 8.78 Å². The lowest BCUT2D eigenvalue weighted by molar-refractivity contribution is 0.592. The van der Waals surface area contributed by atoms with Gasteiger partial charge in [-0.05, 0) is 13.0 Å². The minimum absolute atomic E-state index is 0.0653. The molecule has 0 saturated carbocycles. The number of fused-ring (bicyclic) bond motifs is 1. The van der Waals surface area contributed by atoms with Crippen LogP contribution in [0.1, 0.15) is 5.69 Å². The minimum atomic E-state index is -0.742. The van der Waals surface area contributed by atoms with Gasteiger partial charge in [0.2, 0.25) is 0 Å². The van der Waals surface area contributed by atoms with Crippen molar-refractivity contribution in [1.29, 1.82) is 0 Å². The molecule has 0 bridgehead atoms. The van der Waals surface area contributed by atoms with E-state index in [2.05, 4.69) is 4.98 Å². The van der Waals surface area contributed by atoms with E-state index in [9.17, 15) is 8.78 Å². The maximum absolute atomic E-state index is 13.1. The Morgan fingerprint density at radius 1 is 1.23 bits per heavy atom. The fourth-order valence-electron chi connectivity index (χ4n) is 1.32. The zero-order chi connectivity index (χ0) is 9.59. The molecule has 1 aromatic carbocycles. The quantitative estimate of drug-likeness (QED) is 0.629. The van der Waals surface area contributed by atoms with Crippen LogP contribution >= 0.6 is 11.6 Å². The van der Waals surface area contributed by atoms with Crippen LogP contribution in [0.3, 0.4) is 0 Å². The third-order valence-electron chi connectivity index (χ3n) is 1.89. The molecule has 0 aliphatic carbocycles. The molecule has 13 heavy (non-hydrogen) atoms. The van der Waals surface area contributed by atoms with E-state index in [1.807, 2.05) is 0 Å². The van der Waals surface area contributed by atoms with Crippen LogP contribution in [0.25, 0.3) is 10.9 Å². The Morgan fingerprint density at radius 3 is 2.62 bits per heavy atom. The van der Waals surface area contributed by atoms with Crippen LogP contribution in [0, 0.1) is 18.6 Å². The molecule has 0 fully saturated rings. The van der Waals surface area contributed by atoms with Crippen molar-refractivity contribution in [2.24, 2.45) is 0 Å². The normalized spacial score (nSPS) is 11.1. The number of rotatable bonds is 0. The van der Waals surface area contributed by atoms with Gasteiger partial charge in [-0.2, -0.15) is 0 Å². The summed E-state index contributed by atoms with van der Waals surface area (Å²) in [5.41, 5.74) is 1.07. The molecule has 0 spiro atoms. The van der Waals surface area contributed by atoms with E-state index in [4.69, 9.17) is 11.6 Å². The molecule has 0 aliphatic rings. The van der Waals surface area contributed by atoms with E-state index in [1.54, 1.807) is 13.0 Å². The van der Waals surface area contributed by atoms with Crippen molar-refractivity contribution in [1.82, 2.24) is 4.98 Å². The lowest BCUT2D eigenvalue weighted by atomic mass is 10.2. The second-order valence-corrected chi connectivity index (χ2v) is 3.27. The average molecular weight is 202 g/mol. The third kappa shape index (κ3) is 1.20. The second kappa shape index (κ2) is 2.70. The van der Waals surface area contributed by atoms with E-state index >= 15 is 0 Å². The highest BCUT2D eigenvalue weighted by molar-refractivity contribution is 6.35. The summed E-state index contributed by atoms with van der Waals surface area (Å²) in [5.74, 6) is -1.34. The average Bonchev–Trinajstić information content (AvgIpc) is 2.44. The molecule has 0 unspecified atom stereocenters. The summed E-state index contributed by atoms with van der Waals surface area (Å²) in [6, 6.07) is 2.38. The predicted molar refractivity (Wildman–Crippen MR) is 48.0 cm³/mol. The van der Waals surface area contributed by atoms with Gasteiger partial charge in [0, 0.05) is 17.1 Å². The topological polar surface area (TPSA) is 15.8 Å². The second-order valence-electron chi connectivity index (χ2n) is 2.90. The van der Waals surface area contributed by atoms with Gasteiger partial charge in [0.05, 0.1) is 5.52 Å². The number of benzene rings is 1. The first-order chi connectivity index (χ1) is 6.09. The standard InChI is InChI=1S/C9H6ClF2N/c1-4-2-5-6(11)3-7(12)8(10)9(5)13-4/h2-3,13H,1H3. The SMILES string of the molecule is Cc1cc2c(F)cc(F)c(Cl)c2[nH]1. The summed E-state index contributed by atoms with van der Waals surface area (Å²) >= 11 is 5.64. The molecule has 0 amide bonds. The van der Waals surface area contributed by atoms with Crippen LogP contribution in [0.5, 0.6) is 0 Å². The summed E-state index contributed by atoms with van der Waals surface area (Å²) in [7, 11) is 0. The van der Waals surface area contributed by atoms with Gasteiger partial charge in [0.25, 0.3) is 0 Å². The number of aromatic amines is 1. The number of aromatic nitrogens is 1. The van der Waals surface area contributed by atoms with Crippen LogP contribution in [-0.4, -0.2) is 4.98 Å². The van der Waals surface area contributed by atoms with Crippen molar-refractivity contribution < 1.29 is 8.78 Å². The van der Waals surface area contributed by atoms with Crippen molar-refractivity contribution in [2.75, 3.05) is 0 Å². The predicted octanol–water partition coefficient (Wildman–Crippen LogP) is 3.41. The molecule has 0 atom stereocenters. The number of aryl methyl sites for hydroxylation is 1. The summed E-state index contributed by atoms with van der Waals surface area (Å²) < 4.78 is 26.0. The van der Waals surface area contributed by atoms with Gasteiger partial charge in [-0.25, -0.2) is 8.78 Å². The first-order valence-corrected chi connectivity index (χ1v) is 4.10. The van der Waals surface area contributed by atoms with Crippen LogP contribution in [0.15, 0.2) is 12.1 Å². The van der Waals surface area contributed by atoms with E-state index < -0.39 is 11.6 Å². The lowest BCUT2D eigenvalue weighted by Gasteiger charge is -1.97. The van der Waals surface area contributed by atoms with Crippen LogP contribution in [0.2, 0.25) is 5.02 Å². The molecule has 0 aliphatic heterocycles. The van der Waals surface area contributed by atoms with Gasteiger partial charge < -0.3 is 4.98 Å². The molecule has 68 valence electrons. The molecule has 0 saturated heterocycles. The number of halogens is 3. The first kappa shape index (κ1) is 8.51. The highest BCUT2D eigenvalue weighted by Gasteiger charge is 2.12. The highest BCUT2D eigenvalue weighted by atomic mass is 35.5. The molecule has 1 nitrogen and oxygen atoms in total. The van der Waals surface area contributed by atoms with Crippen molar-refractivity contribution in [2.45, 2.75) is 6.92 Å². The van der Waals surface area contributed by atoms with Crippen molar-refractivity contribution in [3.05, 3.63) is 34.5 Å². The first-order valence-electron chi connectivity index (χ1n) is 3.72. The smallest absolute Gasteiger partial charge is 0.146 e. The van der Waals surface area contributed by atoms with Crippen molar-refractivity contribution in [3.63, 3.8) is 0 Å². The molecule has 0 radical (unpaired) electrons. The largest absolute Gasteiger partial charge is 0.357 e. The van der Waals surface area contributed by atoms with Crippen LogP contribution < -0.4 is 0 Å². The van der Waals surface area contributed by atoms with Gasteiger partial charge in [0.15, 0.2) is 0 Å². The third-order valence-corrected chi connectivity index (χ3v) is 2.26. The maximum atomic E-state index is 13.1. The van der Waals surface area contributed by atoms with Gasteiger partial charge in [-0.15, -0.1) is 0 Å². The summed E-state index contributed by atoms with van der Waals surface area (Å²) in [6.45, 7) is 1.76. The monoisotopic (exact) mass is 201 g/mol. The van der Waals surface area contributed by atoms with Gasteiger partial charge >= 0.3 is 0 Å². The molecular weight excluding hydrogens is 196 g/mol. The fraction of sp³-hybridized carbons (Fsp3) is 0.111. The van der Waals surface area contributed by atoms with Crippen molar-refractivity contribution >= 4 is 22.5 Å². The lowest BCUT2D eigenvalue weighted by Crippen LogP contribution is -1.83. The molecule has 4 heteroatoms.